The summed E-state index contributed by atoms with van der Waals surface area (Å²) < 4.78 is 0. The second-order valence-corrected chi connectivity index (χ2v) is 4.35. The summed E-state index contributed by atoms with van der Waals surface area (Å²) in [6, 6.07) is 11.6. The predicted octanol–water partition coefficient (Wildman–Crippen LogP) is 2.36. The van der Waals surface area contributed by atoms with Gasteiger partial charge in [0.2, 0.25) is 0 Å². The van der Waals surface area contributed by atoms with E-state index in [0.29, 0.717) is 12.2 Å². The molecule has 4 heteroatoms. The minimum absolute atomic E-state index is 0.164. The molecule has 1 amide bonds. The van der Waals surface area contributed by atoms with Crippen molar-refractivity contribution in [2.24, 2.45) is 0 Å². The Hall–Kier alpha value is -2.36. The number of benzene rings is 1. The van der Waals surface area contributed by atoms with E-state index in [9.17, 15) is 4.79 Å². The smallest absolute Gasteiger partial charge is 0.270 e. The third-order valence-corrected chi connectivity index (χ3v) is 2.86. The van der Waals surface area contributed by atoms with Crippen LogP contribution < -0.4 is 10.6 Å². The number of pyridine rings is 1. The maximum absolute atomic E-state index is 11.9. The molecule has 0 saturated heterocycles. The van der Waals surface area contributed by atoms with E-state index < -0.39 is 0 Å². The van der Waals surface area contributed by atoms with Gasteiger partial charge in [0, 0.05) is 13.6 Å². The van der Waals surface area contributed by atoms with Gasteiger partial charge in [-0.15, -0.1) is 0 Å². The fourth-order valence-corrected chi connectivity index (χ4v) is 1.65. The second-order valence-electron chi connectivity index (χ2n) is 4.35. The van der Waals surface area contributed by atoms with Crippen molar-refractivity contribution in [3.63, 3.8) is 0 Å². The van der Waals surface area contributed by atoms with Crippen molar-refractivity contribution < 1.29 is 4.79 Å². The number of aromatic nitrogens is 1. The second kappa shape index (κ2) is 6.00. The van der Waals surface area contributed by atoms with Gasteiger partial charge in [-0.3, -0.25) is 4.79 Å². The molecule has 1 aromatic carbocycles. The van der Waals surface area contributed by atoms with Crippen LogP contribution in [-0.4, -0.2) is 17.9 Å². The van der Waals surface area contributed by atoms with Crippen molar-refractivity contribution in [1.29, 1.82) is 0 Å². The molecule has 2 rings (SSSR count). The molecule has 0 aliphatic carbocycles. The van der Waals surface area contributed by atoms with Crippen LogP contribution in [0.25, 0.3) is 0 Å². The number of nitrogens with one attached hydrogen (secondary N) is 2. The largest absolute Gasteiger partial charge is 0.387 e. The summed E-state index contributed by atoms with van der Waals surface area (Å²) in [6.07, 6.45) is 1.64. The summed E-state index contributed by atoms with van der Waals surface area (Å²) >= 11 is 0. The van der Waals surface area contributed by atoms with Crippen LogP contribution in [0.1, 0.15) is 21.6 Å². The molecule has 19 heavy (non-hydrogen) atoms. The van der Waals surface area contributed by atoms with Gasteiger partial charge < -0.3 is 10.6 Å². The first-order valence-electron chi connectivity index (χ1n) is 6.16. The Labute approximate surface area is 112 Å². The van der Waals surface area contributed by atoms with Crippen LogP contribution >= 0.6 is 0 Å². The lowest BCUT2D eigenvalue weighted by Crippen LogP contribution is -2.23. The van der Waals surface area contributed by atoms with Crippen LogP contribution in [-0.2, 0) is 6.54 Å². The maximum atomic E-state index is 11.9. The quantitative estimate of drug-likeness (QED) is 0.881. The molecule has 0 aliphatic heterocycles. The van der Waals surface area contributed by atoms with Crippen LogP contribution in [0.15, 0.2) is 42.6 Å². The number of amides is 1. The molecular weight excluding hydrogens is 238 g/mol. The van der Waals surface area contributed by atoms with Gasteiger partial charge in [0.15, 0.2) is 0 Å². The van der Waals surface area contributed by atoms with Gasteiger partial charge in [-0.25, -0.2) is 4.98 Å². The van der Waals surface area contributed by atoms with Crippen molar-refractivity contribution in [3.8, 4) is 0 Å². The molecule has 4 nitrogen and oxygen atoms in total. The number of carbonyl (C=O) groups excluding carboxylic acids is 1. The third-order valence-electron chi connectivity index (χ3n) is 2.86. The van der Waals surface area contributed by atoms with E-state index in [2.05, 4.69) is 15.6 Å². The van der Waals surface area contributed by atoms with E-state index in [1.54, 1.807) is 12.3 Å². The van der Waals surface area contributed by atoms with Crippen LogP contribution in [0.4, 0.5) is 5.69 Å². The number of rotatable bonds is 4. The highest BCUT2D eigenvalue weighted by Crippen LogP contribution is 2.06. The lowest BCUT2D eigenvalue weighted by Gasteiger charge is -2.06. The molecule has 0 saturated carbocycles. The molecule has 0 unspecified atom stereocenters. The Morgan fingerprint density at radius 2 is 1.89 bits per heavy atom. The number of hydrogen-bond acceptors (Lipinski definition) is 3. The van der Waals surface area contributed by atoms with E-state index in [-0.39, 0.29) is 5.91 Å². The fraction of sp³-hybridized carbons (Fsp3) is 0.200. The van der Waals surface area contributed by atoms with Crippen molar-refractivity contribution in [3.05, 3.63) is 59.4 Å². The van der Waals surface area contributed by atoms with Gasteiger partial charge in [0.1, 0.15) is 5.69 Å². The van der Waals surface area contributed by atoms with Crippen molar-refractivity contribution in [2.75, 3.05) is 12.4 Å². The van der Waals surface area contributed by atoms with Gasteiger partial charge in [-0.1, -0.05) is 29.8 Å². The number of carbonyl (C=O) groups is 1. The number of hydrogen-bond donors (Lipinski definition) is 2. The standard InChI is InChI=1S/C15H17N3O/c1-11-3-5-12(6-4-11)9-18-15(19)14-8-7-13(16-2)10-17-14/h3-8,10,16H,9H2,1-2H3,(H,18,19). The molecule has 98 valence electrons. The summed E-state index contributed by atoms with van der Waals surface area (Å²) in [5.74, 6) is -0.164. The van der Waals surface area contributed by atoms with Crippen LogP contribution in [0.2, 0.25) is 0 Å². The van der Waals surface area contributed by atoms with Gasteiger partial charge in [0.25, 0.3) is 5.91 Å². The zero-order valence-corrected chi connectivity index (χ0v) is 11.1. The van der Waals surface area contributed by atoms with E-state index in [1.165, 1.54) is 5.56 Å². The Morgan fingerprint density at radius 1 is 1.16 bits per heavy atom. The minimum Gasteiger partial charge on any atom is -0.387 e. The van der Waals surface area contributed by atoms with Crippen molar-refractivity contribution in [1.82, 2.24) is 10.3 Å². The van der Waals surface area contributed by atoms with E-state index in [1.807, 2.05) is 44.3 Å². The molecule has 0 radical (unpaired) electrons. The molecule has 2 aromatic rings. The maximum Gasteiger partial charge on any atom is 0.270 e. The predicted molar refractivity (Wildman–Crippen MR) is 76.1 cm³/mol. The number of aryl methyl sites for hydroxylation is 1. The Bertz CT molecular complexity index is 547. The van der Waals surface area contributed by atoms with E-state index >= 15 is 0 Å². The van der Waals surface area contributed by atoms with Gasteiger partial charge in [-0.05, 0) is 24.6 Å². The lowest BCUT2D eigenvalue weighted by atomic mass is 10.1. The zero-order valence-electron chi connectivity index (χ0n) is 11.1. The molecule has 0 atom stereocenters. The van der Waals surface area contributed by atoms with Crippen LogP contribution in [0, 0.1) is 6.92 Å². The normalized spacial score (nSPS) is 10.0. The molecule has 0 spiro atoms. The summed E-state index contributed by atoms with van der Waals surface area (Å²) in [6.45, 7) is 2.55. The summed E-state index contributed by atoms with van der Waals surface area (Å²) in [4.78, 5) is 16.0. The molecule has 2 N–H and O–H groups in total. The molecule has 0 aliphatic rings. The molecule has 0 fully saturated rings. The Balaban J connectivity index is 1.95. The first-order chi connectivity index (χ1) is 9.19. The average Bonchev–Trinajstić information content (AvgIpc) is 2.46. The van der Waals surface area contributed by atoms with Crippen molar-refractivity contribution >= 4 is 11.6 Å². The first kappa shape index (κ1) is 13.1. The molecular formula is C15H17N3O. The Morgan fingerprint density at radius 3 is 2.47 bits per heavy atom. The SMILES string of the molecule is CNc1ccc(C(=O)NCc2ccc(C)cc2)nc1. The molecule has 1 heterocycles. The number of anilines is 1. The van der Waals surface area contributed by atoms with Crippen molar-refractivity contribution in [2.45, 2.75) is 13.5 Å². The monoisotopic (exact) mass is 255 g/mol. The highest BCUT2D eigenvalue weighted by atomic mass is 16.1. The van der Waals surface area contributed by atoms with Gasteiger partial charge >= 0.3 is 0 Å². The third kappa shape index (κ3) is 3.55. The molecule has 1 aromatic heterocycles. The van der Waals surface area contributed by atoms with E-state index in [4.69, 9.17) is 0 Å². The first-order valence-corrected chi connectivity index (χ1v) is 6.16. The van der Waals surface area contributed by atoms with Gasteiger partial charge in [0.05, 0.1) is 11.9 Å². The fourth-order valence-electron chi connectivity index (χ4n) is 1.65. The summed E-state index contributed by atoms with van der Waals surface area (Å²) in [7, 11) is 1.81. The summed E-state index contributed by atoms with van der Waals surface area (Å²) in [5.41, 5.74) is 3.59. The Kier molecular flexibility index (Phi) is 4.13. The summed E-state index contributed by atoms with van der Waals surface area (Å²) in [5, 5.41) is 5.81. The number of nitrogens with zero attached hydrogens (tertiary/aromatic N) is 1. The highest BCUT2D eigenvalue weighted by molar-refractivity contribution is 5.92. The van der Waals surface area contributed by atoms with Gasteiger partial charge in [-0.2, -0.15) is 0 Å². The topological polar surface area (TPSA) is 54.0 Å². The van der Waals surface area contributed by atoms with E-state index in [0.717, 1.165) is 11.3 Å². The molecule has 0 bridgehead atoms. The zero-order chi connectivity index (χ0) is 13.7. The average molecular weight is 255 g/mol. The lowest BCUT2D eigenvalue weighted by molar-refractivity contribution is 0.0946. The highest BCUT2D eigenvalue weighted by Gasteiger charge is 2.06. The van der Waals surface area contributed by atoms with Crippen LogP contribution in [0.5, 0.6) is 0 Å². The van der Waals surface area contributed by atoms with Crippen LogP contribution in [0.3, 0.4) is 0 Å². The minimum atomic E-state index is -0.164.